The standard InChI is InChI=1S/C20H24N4O3S2/c1-12-18(15-6-4-5-7-16(15)21-12)19(25)13(2)28-20-23-22-17(24(20)3)10-14-8-9-29(26,27)11-14/h4-7,13-14,21H,8-11H2,1-3H3/t13-,14-/m1/s1. The van der Waals surface area contributed by atoms with E-state index in [-0.39, 0.29) is 28.5 Å². The maximum Gasteiger partial charge on any atom is 0.191 e. The van der Waals surface area contributed by atoms with E-state index in [1.54, 1.807) is 0 Å². The van der Waals surface area contributed by atoms with E-state index in [1.807, 2.05) is 49.7 Å². The van der Waals surface area contributed by atoms with Crippen molar-refractivity contribution in [1.29, 1.82) is 0 Å². The number of H-pyrrole nitrogens is 1. The largest absolute Gasteiger partial charge is 0.358 e. The van der Waals surface area contributed by atoms with Gasteiger partial charge in [-0.05, 0) is 32.3 Å². The van der Waals surface area contributed by atoms with Crippen molar-refractivity contribution in [3.05, 3.63) is 41.3 Å². The van der Waals surface area contributed by atoms with Crippen LogP contribution in [0.3, 0.4) is 0 Å². The Labute approximate surface area is 174 Å². The predicted octanol–water partition coefficient (Wildman–Crippen LogP) is 2.95. The van der Waals surface area contributed by atoms with Gasteiger partial charge in [0.25, 0.3) is 0 Å². The minimum atomic E-state index is -2.91. The number of rotatable bonds is 6. The molecule has 2 atom stereocenters. The molecule has 1 aromatic carbocycles. The molecule has 1 aliphatic heterocycles. The summed E-state index contributed by atoms with van der Waals surface area (Å²) >= 11 is 1.38. The van der Waals surface area contributed by atoms with Crippen LogP contribution in [0.5, 0.6) is 0 Å². The highest BCUT2D eigenvalue weighted by Crippen LogP contribution is 2.30. The topological polar surface area (TPSA) is 97.7 Å². The Hall–Kier alpha value is -2.13. The molecular formula is C20H24N4O3S2. The van der Waals surface area contributed by atoms with Gasteiger partial charge in [-0.25, -0.2) is 8.42 Å². The van der Waals surface area contributed by atoms with Crippen molar-refractivity contribution in [2.45, 2.75) is 37.1 Å². The maximum atomic E-state index is 13.1. The second kappa shape index (κ2) is 7.60. The first-order chi connectivity index (χ1) is 13.7. The normalized spacial score (nSPS) is 19.6. The average Bonchev–Trinajstić information content (AvgIpc) is 3.30. The van der Waals surface area contributed by atoms with Crippen molar-refractivity contribution in [2.24, 2.45) is 13.0 Å². The van der Waals surface area contributed by atoms with E-state index in [0.29, 0.717) is 18.0 Å². The maximum absolute atomic E-state index is 13.1. The Kier molecular flexibility index (Phi) is 5.29. The van der Waals surface area contributed by atoms with E-state index in [2.05, 4.69) is 15.2 Å². The minimum Gasteiger partial charge on any atom is -0.358 e. The molecule has 9 heteroatoms. The van der Waals surface area contributed by atoms with Crippen molar-refractivity contribution in [3.63, 3.8) is 0 Å². The molecule has 29 heavy (non-hydrogen) atoms. The van der Waals surface area contributed by atoms with Crippen LogP contribution in [-0.4, -0.2) is 50.7 Å². The molecule has 1 aliphatic rings. The predicted molar refractivity (Wildman–Crippen MR) is 114 cm³/mol. The van der Waals surface area contributed by atoms with Crippen LogP contribution in [0.1, 0.15) is 35.2 Å². The lowest BCUT2D eigenvalue weighted by atomic mass is 10.1. The first kappa shape index (κ1) is 20.2. The smallest absolute Gasteiger partial charge is 0.191 e. The molecule has 1 saturated heterocycles. The lowest BCUT2D eigenvalue weighted by molar-refractivity contribution is 0.0995. The van der Waals surface area contributed by atoms with Gasteiger partial charge in [-0.1, -0.05) is 30.0 Å². The molecule has 0 aliphatic carbocycles. The number of benzene rings is 1. The van der Waals surface area contributed by atoms with E-state index < -0.39 is 9.84 Å². The van der Waals surface area contributed by atoms with Gasteiger partial charge in [-0.15, -0.1) is 10.2 Å². The molecule has 2 aromatic heterocycles. The molecule has 3 aromatic rings. The highest BCUT2D eigenvalue weighted by molar-refractivity contribution is 8.00. The molecule has 0 bridgehead atoms. The summed E-state index contributed by atoms with van der Waals surface area (Å²) in [5, 5.41) is 9.77. The summed E-state index contributed by atoms with van der Waals surface area (Å²) < 4.78 is 25.3. The molecule has 0 amide bonds. The van der Waals surface area contributed by atoms with Gasteiger partial charge in [0, 0.05) is 35.6 Å². The highest BCUT2D eigenvalue weighted by atomic mass is 32.2. The summed E-state index contributed by atoms with van der Waals surface area (Å²) in [5.41, 5.74) is 2.54. The fraction of sp³-hybridized carbons (Fsp3) is 0.450. The summed E-state index contributed by atoms with van der Waals surface area (Å²) in [6.07, 6.45) is 1.26. The number of carbonyl (C=O) groups excluding carboxylic acids is 1. The third kappa shape index (κ3) is 3.98. The molecule has 1 fully saturated rings. The van der Waals surface area contributed by atoms with E-state index in [4.69, 9.17) is 0 Å². The molecule has 3 heterocycles. The second-order valence-corrected chi connectivity index (χ2v) is 11.3. The Balaban J connectivity index is 1.50. The molecule has 1 N–H and O–H groups in total. The first-order valence-corrected chi connectivity index (χ1v) is 12.3. The highest BCUT2D eigenvalue weighted by Gasteiger charge is 2.30. The van der Waals surface area contributed by atoms with Crippen molar-refractivity contribution in [2.75, 3.05) is 11.5 Å². The summed E-state index contributed by atoms with van der Waals surface area (Å²) in [7, 11) is -1.04. The van der Waals surface area contributed by atoms with Gasteiger partial charge in [-0.3, -0.25) is 4.79 Å². The number of aryl methyl sites for hydroxylation is 1. The van der Waals surface area contributed by atoms with Gasteiger partial charge in [0.15, 0.2) is 20.8 Å². The van der Waals surface area contributed by atoms with E-state index in [9.17, 15) is 13.2 Å². The monoisotopic (exact) mass is 432 g/mol. The number of ketones is 1. The molecule has 0 unspecified atom stereocenters. The van der Waals surface area contributed by atoms with Gasteiger partial charge in [0.1, 0.15) is 5.82 Å². The van der Waals surface area contributed by atoms with Crippen LogP contribution in [0.4, 0.5) is 0 Å². The number of sulfone groups is 1. The lowest BCUT2D eigenvalue weighted by Gasteiger charge is -2.11. The fourth-order valence-electron chi connectivity index (χ4n) is 3.93. The van der Waals surface area contributed by atoms with Gasteiger partial charge >= 0.3 is 0 Å². The SMILES string of the molecule is Cc1[nH]c2ccccc2c1C(=O)[C@@H](C)Sc1nnc(C[C@H]2CCS(=O)(=O)C2)n1C. The molecule has 0 spiro atoms. The Morgan fingerprint density at radius 1 is 1.34 bits per heavy atom. The zero-order valence-electron chi connectivity index (χ0n) is 16.7. The third-order valence-corrected chi connectivity index (χ3v) is 8.49. The van der Waals surface area contributed by atoms with Crippen molar-refractivity contribution in [1.82, 2.24) is 19.7 Å². The minimum absolute atomic E-state index is 0.0522. The average molecular weight is 433 g/mol. The Morgan fingerprint density at radius 3 is 2.83 bits per heavy atom. The molecule has 4 rings (SSSR count). The van der Waals surface area contributed by atoms with Crippen LogP contribution in [0.15, 0.2) is 29.4 Å². The number of fused-ring (bicyclic) bond motifs is 1. The van der Waals surface area contributed by atoms with Crippen LogP contribution in [0.2, 0.25) is 0 Å². The number of hydrogen-bond donors (Lipinski definition) is 1. The molecule has 0 saturated carbocycles. The van der Waals surface area contributed by atoms with Crippen molar-refractivity contribution in [3.8, 4) is 0 Å². The zero-order valence-corrected chi connectivity index (χ0v) is 18.3. The van der Waals surface area contributed by atoms with Gasteiger partial charge in [0.2, 0.25) is 0 Å². The van der Waals surface area contributed by atoms with Crippen LogP contribution >= 0.6 is 11.8 Å². The van der Waals surface area contributed by atoms with Gasteiger partial charge in [-0.2, -0.15) is 0 Å². The number of carbonyl (C=O) groups is 1. The molecule has 7 nitrogen and oxygen atoms in total. The summed E-state index contributed by atoms with van der Waals surface area (Å²) in [6.45, 7) is 3.80. The quantitative estimate of drug-likeness (QED) is 0.475. The van der Waals surface area contributed by atoms with E-state index in [0.717, 1.165) is 28.0 Å². The summed E-state index contributed by atoms with van der Waals surface area (Å²) in [5.74, 6) is 1.38. The molecule has 154 valence electrons. The number of nitrogens with zero attached hydrogens (tertiary/aromatic N) is 3. The summed E-state index contributed by atoms with van der Waals surface area (Å²) in [4.78, 5) is 16.4. The number of aromatic nitrogens is 4. The number of aromatic amines is 1. The number of nitrogens with one attached hydrogen (secondary N) is 1. The fourth-order valence-corrected chi connectivity index (χ4v) is 6.68. The van der Waals surface area contributed by atoms with Crippen LogP contribution in [0, 0.1) is 12.8 Å². The van der Waals surface area contributed by atoms with Crippen molar-refractivity contribution < 1.29 is 13.2 Å². The second-order valence-electron chi connectivity index (χ2n) is 7.73. The Morgan fingerprint density at radius 2 is 2.10 bits per heavy atom. The third-order valence-electron chi connectivity index (χ3n) is 5.51. The van der Waals surface area contributed by atoms with Gasteiger partial charge in [0.05, 0.1) is 16.8 Å². The molecular weight excluding hydrogens is 408 g/mol. The zero-order chi connectivity index (χ0) is 20.8. The number of thioether (sulfide) groups is 1. The van der Waals surface area contributed by atoms with Gasteiger partial charge < -0.3 is 9.55 Å². The van der Waals surface area contributed by atoms with Crippen LogP contribution in [-0.2, 0) is 23.3 Å². The molecule has 0 radical (unpaired) electrons. The van der Waals surface area contributed by atoms with Crippen molar-refractivity contribution >= 4 is 38.3 Å². The number of Topliss-reactive ketones (excluding diaryl/α,β-unsaturated/α-hetero) is 1. The number of hydrogen-bond acceptors (Lipinski definition) is 6. The van der Waals surface area contributed by atoms with Crippen LogP contribution < -0.4 is 0 Å². The Bertz CT molecular complexity index is 1180. The van der Waals surface area contributed by atoms with E-state index >= 15 is 0 Å². The summed E-state index contributed by atoms with van der Waals surface area (Å²) in [6, 6.07) is 7.80. The lowest BCUT2D eigenvalue weighted by Crippen LogP contribution is -2.15. The first-order valence-electron chi connectivity index (χ1n) is 9.62. The van der Waals surface area contributed by atoms with E-state index in [1.165, 1.54) is 11.8 Å². The number of para-hydroxylation sites is 1. The van der Waals surface area contributed by atoms with Crippen LogP contribution in [0.25, 0.3) is 10.9 Å².